The molecular formula is C14H16O2S. The molecule has 0 saturated heterocycles. The summed E-state index contributed by atoms with van der Waals surface area (Å²) in [5.41, 5.74) is 3.03. The third kappa shape index (κ3) is 2.35. The Morgan fingerprint density at radius 1 is 1.24 bits per heavy atom. The molecule has 0 bridgehead atoms. The van der Waals surface area contributed by atoms with Crippen LogP contribution in [0.3, 0.4) is 0 Å². The fourth-order valence-corrected chi connectivity index (χ4v) is 2.81. The second kappa shape index (κ2) is 4.90. The number of ether oxygens (including phenoxy) is 1. The second-order valence-corrected chi connectivity index (χ2v) is 5.09. The van der Waals surface area contributed by atoms with Gasteiger partial charge >= 0.3 is 0 Å². The minimum absolute atomic E-state index is 0.543. The summed E-state index contributed by atoms with van der Waals surface area (Å²) < 4.78 is 5.32. The van der Waals surface area contributed by atoms with E-state index in [4.69, 9.17) is 4.74 Å². The standard InChI is InChI=1S/C14H16O2S/c1-9-7-11(8-10(2)14(9)16-3)13(15)12-5-4-6-17-12/h4-8,13,15H,1-3H3. The van der Waals surface area contributed by atoms with Gasteiger partial charge in [0.05, 0.1) is 7.11 Å². The maximum atomic E-state index is 10.3. The van der Waals surface area contributed by atoms with Crippen molar-refractivity contribution in [3.05, 3.63) is 51.2 Å². The summed E-state index contributed by atoms with van der Waals surface area (Å²) >= 11 is 1.57. The van der Waals surface area contributed by atoms with Crippen molar-refractivity contribution in [2.75, 3.05) is 7.11 Å². The van der Waals surface area contributed by atoms with Crippen molar-refractivity contribution >= 4 is 11.3 Å². The molecule has 0 saturated carbocycles. The van der Waals surface area contributed by atoms with Gasteiger partial charge in [-0.25, -0.2) is 0 Å². The number of aryl methyl sites for hydroxylation is 2. The molecule has 1 N–H and O–H groups in total. The predicted octanol–water partition coefficient (Wildman–Crippen LogP) is 3.46. The molecule has 90 valence electrons. The number of benzene rings is 1. The lowest BCUT2D eigenvalue weighted by molar-refractivity contribution is 0.224. The lowest BCUT2D eigenvalue weighted by atomic mass is 10.0. The quantitative estimate of drug-likeness (QED) is 0.901. The van der Waals surface area contributed by atoms with E-state index in [2.05, 4.69) is 0 Å². The fourth-order valence-electron chi connectivity index (χ4n) is 2.07. The summed E-state index contributed by atoms with van der Waals surface area (Å²) in [5.74, 6) is 0.895. The maximum Gasteiger partial charge on any atom is 0.124 e. The number of thiophene rings is 1. The topological polar surface area (TPSA) is 29.5 Å². The molecule has 0 fully saturated rings. The molecule has 1 aromatic carbocycles. The first-order valence-electron chi connectivity index (χ1n) is 5.50. The second-order valence-electron chi connectivity index (χ2n) is 4.11. The van der Waals surface area contributed by atoms with Crippen molar-refractivity contribution in [2.24, 2.45) is 0 Å². The zero-order valence-electron chi connectivity index (χ0n) is 10.2. The highest BCUT2D eigenvalue weighted by Gasteiger charge is 2.14. The van der Waals surface area contributed by atoms with E-state index in [1.165, 1.54) is 0 Å². The van der Waals surface area contributed by atoms with Crippen molar-refractivity contribution in [3.8, 4) is 5.75 Å². The number of aliphatic hydroxyl groups is 1. The zero-order valence-corrected chi connectivity index (χ0v) is 11.0. The van der Waals surface area contributed by atoms with Crippen LogP contribution in [-0.4, -0.2) is 12.2 Å². The highest BCUT2D eigenvalue weighted by Crippen LogP contribution is 2.31. The monoisotopic (exact) mass is 248 g/mol. The highest BCUT2D eigenvalue weighted by molar-refractivity contribution is 7.10. The van der Waals surface area contributed by atoms with E-state index < -0.39 is 6.10 Å². The van der Waals surface area contributed by atoms with Gasteiger partial charge in [0, 0.05) is 4.88 Å². The van der Waals surface area contributed by atoms with E-state index in [9.17, 15) is 5.11 Å². The van der Waals surface area contributed by atoms with Crippen LogP contribution in [0.15, 0.2) is 29.6 Å². The predicted molar refractivity (Wildman–Crippen MR) is 70.8 cm³/mol. The van der Waals surface area contributed by atoms with Crippen molar-refractivity contribution < 1.29 is 9.84 Å². The molecule has 1 heterocycles. The van der Waals surface area contributed by atoms with Crippen molar-refractivity contribution in [3.63, 3.8) is 0 Å². The third-order valence-corrected chi connectivity index (χ3v) is 3.74. The highest BCUT2D eigenvalue weighted by atomic mass is 32.1. The Morgan fingerprint density at radius 3 is 2.35 bits per heavy atom. The van der Waals surface area contributed by atoms with Crippen molar-refractivity contribution in [1.29, 1.82) is 0 Å². The Labute approximate surface area is 105 Å². The van der Waals surface area contributed by atoms with Crippen molar-refractivity contribution in [2.45, 2.75) is 20.0 Å². The molecule has 0 radical (unpaired) electrons. The van der Waals surface area contributed by atoms with Crippen LogP contribution in [0.5, 0.6) is 5.75 Å². The van der Waals surface area contributed by atoms with Crippen LogP contribution in [-0.2, 0) is 0 Å². The van der Waals surface area contributed by atoms with Gasteiger partial charge in [-0.15, -0.1) is 11.3 Å². The molecule has 0 spiro atoms. The van der Waals surface area contributed by atoms with Gasteiger partial charge in [0.15, 0.2) is 0 Å². The Morgan fingerprint density at radius 2 is 1.88 bits per heavy atom. The minimum atomic E-state index is -0.543. The molecular weight excluding hydrogens is 232 g/mol. The van der Waals surface area contributed by atoms with Gasteiger partial charge in [0.2, 0.25) is 0 Å². The molecule has 2 nitrogen and oxygen atoms in total. The molecule has 0 amide bonds. The minimum Gasteiger partial charge on any atom is -0.496 e. The first kappa shape index (κ1) is 12.1. The van der Waals surface area contributed by atoms with E-state index in [0.29, 0.717) is 0 Å². The zero-order chi connectivity index (χ0) is 12.4. The Hall–Kier alpha value is -1.32. The lowest BCUT2D eigenvalue weighted by Crippen LogP contribution is -2.00. The molecule has 17 heavy (non-hydrogen) atoms. The molecule has 1 aromatic heterocycles. The molecule has 2 aromatic rings. The summed E-state index contributed by atoms with van der Waals surface area (Å²) in [6, 6.07) is 7.86. The van der Waals surface area contributed by atoms with Gasteiger partial charge in [0.25, 0.3) is 0 Å². The number of hydrogen-bond acceptors (Lipinski definition) is 3. The van der Waals surface area contributed by atoms with E-state index in [1.807, 2.05) is 43.5 Å². The van der Waals surface area contributed by atoms with Gasteiger partial charge < -0.3 is 9.84 Å². The van der Waals surface area contributed by atoms with Crippen LogP contribution in [0.4, 0.5) is 0 Å². The number of methoxy groups -OCH3 is 1. The molecule has 1 atom stereocenters. The summed E-state index contributed by atoms with van der Waals surface area (Å²) in [6.07, 6.45) is -0.543. The first-order chi connectivity index (χ1) is 8.13. The number of rotatable bonds is 3. The van der Waals surface area contributed by atoms with Crippen molar-refractivity contribution in [1.82, 2.24) is 0 Å². The number of hydrogen-bond donors (Lipinski definition) is 1. The van der Waals surface area contributed by atoms with Gasteiger partial charge in [-0.2, -0.15) is 0 Å². The smallest absolute Gasteiger partial charge is 0.124 e. The normalized spacial score (nSPS) is 12.5. The van der Waals surface area contributed by atoms with E-state index in [-0.39, 0.29) is 0 Å². The summed E-state index contributed by atoms with van der Waals surface area (Å²) in [7, 11) is 1.67. The third-order valence-electron chi connectivity index (χ3n) is 2.82. The molecule has 2 rings (SSSR count). The SMILES string of the molecule is COc1c(C)cc(C(O)c2cccs2)cc1C. The Bertz CT molecular complexity index is 480. The van der Waals surface area contributed by atoms with E-state index >= 15 is 0 Å². The molecule has 3 heteroatoms. The summed E-state index contributed by atoms with van der Waals surface area (Å²) in [6.45, 7) is 3.99. The molecule has 0 aliphatic heterocycles. The molecule has 1 unspecified atom stereocenters. The van der Waals surface area contributed by atoms with Crippen LogP contribution in [0.2, 0.25) is 0 Å². The fraction of sp³-hybridized carbons (Fsp3) is 0.286. The average molecular weight is 248 g/mol. The van der Waals surface area contributed by atoms with Gasteiger partial charge in [-0.1, -0.05) is 6.07 Å². The summed E-state index contributed by atoms with van der Waals surface area (Å²) in [5, 5.41) is 12.2. The lowest BCUT2D eigenvalue weighted by Gasteiger charge is -2.14. The van der Waals surface area contributed by atoms with Crippen LogP contribution >= 0.6 is 11.3 Å². The maximum absolute atomic E-state index is 10.3. The van der Waals surface area contributed by atoms with Crippen LogP contribution in [0.25, 0.3) is 0 Å². The van der Waals surface area contributed by atoms with Crippen LogP contribution in [0, 0.1) is 13.8 Å². The van der Waals surface area contributed by atoms with Gasteiger partial charge in [-0.05, 0) is 54.1 Å². The van der Waals surface area contributed by atoms with Gasteiger partial charge in [-0.3, -0.25) is 0 Å². The average Bonchev–Trinajstić information content (AvgIpc) is 2.81. The largest absolute Gasteiger partial charge is 0.496 e. The number of aliphatic hydroxyl groups excluding tert-OH is 1. The first-order valence-corrected chi connectivity index (χ1v) is 6.38. The Balaban J connectivity index is 2.40. The van der Waals surface area contributed by atoms with Gasteiger partial charge in [0.1, 0.15) is 11.9 Å². The molecule has 0 aliphatic carbocycles. The molecule has 0 aliphatic rings. The van der Waals surface area contributed by atoms with E-state index in [1.54, 1.807) is 18.4 Å². The van der Waals surface area contributed by atoms with Crippen LogP contribution in [0.1, 0.15) is 27.7 Å². The van der Waals surface area contributed by atoms with E-state index in [0.717, 1.165) is 27.3 Å². The van der Waals surface area contributed by atoms with Crippen LogP contribution < -0.4 is 4.74 Å². The summed E-state index contributed by atoms with van der Waals surface area (Å²) in [4.78, 5) is 0.967. The Kier molecular flexibility index (Phi) is 3.50.